The van der Waals surface area contributed by atoms with Gasteiger partial charge < -0.3 is 10.4 Å². The number of nitrogens with one attached hydrogen (secondary N) is 1. The highest BCUT2D eigenvalue weighted by Gasteiger charge is 2.27. The molecule has 0 unspecified atom stereocenters. The summed E-state index contributed by atoms with van der Waals surface area (Å²) in [7, 11) is 0. The van der Waals surface area contributed by atoms with E-state index in [-0.39, 0.29) is 23.6 Å². The van der Waals surface area contributed by atoms with Crippen LogP contribution in [0.3, 0.4) is 0 Å². The van der Waals surface area contributed by atoms with Crippen LogP contribution in [0.1, 0.15) is 80.7 Å². The molecule has 2 aliphatic carbocycles. The summed E-state index contributed by atoms with van der Waals surface area (Å²) in [5, 5.41) is 17.2. The van der Waals surface area contributed by atoms with Crippen LogP contribution in [0.15, 0.2) is 0 Å². The van der Waals surface area contributed by atoms with E-state index in [4.69, 9.17) is 0 Å². The van der Waals surface area contributed by atoms with Crippen molar-refractivity contribution in [3.05, 3.63) is 5.69 Å². The number of hydrogen-bond acceptors (Lipinski definition) is 5. The van der Waals surface area contributed by atoms with Crippen LogP contribution in [0, 0.1) is 5.92 Å². The van der Waals surface area contributed by atoms with E-state index in [1.165, 1.54) is 24.2 Å². The molecule has 0 bridgehead atoms. The number of hydrogen-bond donors (Lipinski definition) is 2. The van der Waals surface area contributed by atoms with Gasteiger partial charge in [-0.15, -0.1) is 0 Å². The molecule has 2 N–H and O–H groups in total. The smallest absolute Gasteiger partial charge is 0.357 e. The summed E-state index contributed by atoms with van der Waals surface area (Å²) in [6, 6.07) is 0.198. The van der Waals surface area contributed by atoms with E-state index in [1.54, 1.807) is 4.68 Å². The number of aromatic carboxylic acids is 1. The molecule has 26 heavy (non-hydrogen) atoms. The van der Waals surface area contributed by atoms with Gasteiger partial charge in [0.05, 0.1) is 6.04 Å². The van der Waals surface area contributed by atoms with Crippen LogP contribution < -0.4 is 5.32 Å². The molecule has 0 aromatic carbocycles. The third-order valence-corrected chi connectivity index (χ3v) is 6.55. The Balaban J connectivity index is 1.62. The summed E-state index contributed by atoms with van der Waals surface area (Å²) < 4.78 is 2.34. The molecule has 7 nitrogen and oxygen atoms in total. The van der Waals surface area contributed by atoms with Crippen molar-refractivity contribution < 1.29 is 14.7 Å². The van der Waals surface area contributed by atoms with Crippen LogP contribution in [0.4, 0.5) is 5.13 Å². The van der Waals surface area contributed by atoms with Crippen molar-refractivity contribution >= 4 is 38.7 Å². The van der Waals surface area contributed by atoms with E-state index in [9.17, 15) is 14.7 Å². The molecule has 2 aromatic rings. The Morgan fingerprint density at radius 2 is 1.69 bits per heavy atom. The summed E-state index contributed by atoms with van der Waals surface area (Å²) in [6.45, 7) is 0. The molecule has 2 aliphatic rings. The van der Waals surface area contributed by atoms with Gasteiger partial charge in [0, 0.05) is 5.92 Å². The molecule has 4 rings (SSSR count). The largest absolute Gasteiger partial charge is 0.476 e. The van der Waals surface area contributed by atoms with Crippen molar-refractivity contribution in [1.29, 1.82) is 0 Å². The lowest BCUT2D eigenvalue weighted by atomic mass is 9.89. The predicted molar refractivity (Wildman–Crippen MR) is 99.7 cm³/mol. The average molecular weight is 376 g/mol. The fourth-order valence-electron chi connectivity index (χ4n) is 4.17. The number of thiazole rings is 1. The van der Waals surface area contributed by atoms with Crippen molar-refractivity contribution in [2.75, 3.05) is 5.32 Å². The average Bonchev–Trinajstić information content (AvgIpc) is 3.21. The van der Waals surface area contributed by atoms with E-state index in [0.29, 0.717) is 15.5 Å². The SMILES string of the molecule is O=C(O)c1nn(C2CCCCC2)c2nc(NC(=O)C3CCCCC3)sc12. The highest BCUT2D eigenvalue weighted by Crippen LogP contribution is 2.35. The van der Waals surface area contributed by atoms with Crippen LogP contribution >= 0.6 is 11.3 Å². The maximum atomic E-state index is 12.5. The lowest BCUT2D eigenvalue weighted by Crippen LogP contribution is -2.24. The minimum absolute atomic E-state index is 0.00940. The van der Waals surface area contributed by atoms with Gasteiger partial charge in [-0.2, -0.15) is 10.1 Å². The number of carbonyl (C=O) groups excluding carboxylic acids is 1. The molecular weight excluding hydrogens is 352 g/mol. The maximum Gasteiger partial charge on any atom is 0.357 e. The van der Waals surface area contributed by atoms with Gasteiger partial charge in [0.15, 0.2) is 16.5 Å². The fourth-order valence-corrected chi connectivity index (χ4v) is 5.10. The van der Waals surface area contributed by atoms with Gasteiger partial charge in [0.25, 0.3) is 0 Å². The Morgan fingerprint density at radius 3 is 2.35 bits per heavy atom. The van der Waals surface area contributed by atoms with Crippen LogP contribution in [-0.2, 0) is 4.79 Å². The van der Waals surface area contributed by atoms with Gasteiger partial charge in [-0.05, 0) is 25.7 Å². The van der Waals surface area contributed by atoms with E-state index < -0.39 is 5.97 Å². The first-order valence-electron chi connectivity index (χ1n) is 9.56. The summed E-state index contributed by atoms with van der Waals surface area (Å²) in [5.41, 5.74) is 0.638. The van der Waals surface area contributed by atoms with Gasteiger partial charge in [0.1, 0.15) is 4.70 Å². The van der Waals surface area contributed by atoms with Gasteiger partial charge in [0.2, 0.25) is 5.91 Å². The van der Waals surface area contributed by atoms with Crippen LogP contribution in [0.2, 0.25) is 0 Å². The van der Waals surface area contributed by atoms with Crippen LogP contribution in [-0.4, -0.2) is 31.7 Å². The Morgan fingerprint density at radius 1 is 1.04 bits per heavy atom. The second-order valence-electron chi connectivity index (χ2n) is 7.39. The Hall–Kier alpha value is -1.96. The minimum Gasteiger partial charge on any atom is -0.476 e. The monoisotopic (exact) mass is 376 g/mol. The number of nitrogens with zero attached hydrogens (tertiary/aromatic N) is 3. The lowest BCUT2D eigenvalue weighted by Gasteiger charge is -2.22. The number of carboxylic acids is 1. The van der Waals surface area contributed by atoms with Gasteiger partial charge in [-0.1, -0.05) is 49.9 Å². The summed E-state index contributed by atoms with van der Waals surface area (Å²) >= 11 is 1.22. The van der Waals surface area contributed by atoms with Crippen molar-refractivity contribution in [1.82, 2.24) is 14.8 Å². The van der Waals surface area contributed by atoms with E-state index >= 15 is 0 Å². The van der Waals surface area contributed by atoms with Gasteiger partial charge in [-0.25, -0.2) is 9.48 Å². The van der Waals surface area contributed by atoms with Crippen molar-refractivity contribution in [3.8, 4) is 0 Å². The highest BCUT2D eigenvalue weighted by atomic mass is 32.1. The maximum absolute atomic E-state index is 12.5. The number of aromatic nitrogens is 3. The number of carbonyl (C=O) groups is 2. The third kappa shape index (κ3) is 3.34. The Labute approximate surface area is 155 Å². The summed E-state index contributed by atoms with van der Waals surface area (Å²) in [5.74, 6) is -0.988. The molecule has 0 aliphatic heterocycles. The molecule has 0 radical (unpaired) electrons. The Kier molecular flexibility index (Phi) is 4.93. The van der Waals surface area contributed by atoms with Crippen molar-refractivity contribution in [3.63, 3.8) is 0 Å². The van der Waals surface area contributed by atoms with Gasteiger partial charge in [-0.3, -0.25) is 4.79 Å². The zero-order chi connectivity index (χ0) is 18.1. The van der Waals surface area contributed by atoms with Crippen molar-refractivity contribution in [2.24, 2.45) is 5.92 Å². The van der Waals surface area contributed by atoms with Crippen molar-refractivity contribution in [2.45, 2.75) is 70.3 Å². The molecular formula is C18H24N4O3S. The minimum atomic E-state index is -1.04. The number of fused-ring (bicyclic) bond motifs is 1. The number of anilines is 1. The molecule has 0 spiro atoms. The number of rotatable bonds is 4. The number of amides is 1. The summed E-state index contributed by atoms with van der Waals surface area (Å²) in [6.07, 6.45) is 10.7. The molecule has 2 heterocycles. The predicted octanol–water partition coefficient (Wildman–Crippen LogP) is 4.22. The van der Waals surface area contributed by atoms with E-state index in [0.717, 1.165) is 51.4 Å². The first-order valence-corrected chi connectivity index (χ1v) is 10.4. The molecule has 2 fully saturated rings. The topological polar surface area (TPSA) is 97.1 Å². The van der Waals surface area contributed by atoms with Crippen LogP contribution in [0.25, 0.3) is 10.3 Å². The number of carboxylic acid groups (broad SMARTS) is 1. The zero-order valence-electron chi connectivity index (χ0n) is 14.7. The standard InChI is InChI=1S/C18H24N4O3S/c23-16(11-7-3-1-4-8-11)20-18-19-15-14(26-18)13(17(24)25)21-22(15)12-9-5-2-6-10-12/h11-12H,1-10H2,(H,24,25)(H,19,20,23). The highest BCUT2D eigenvalue weighted by molar-refractivity contribution is 7.22. The zero-order valence-corrected chi connectivity index (χ0v) is 15.6. The quantitative estimate of drug-likeness (QED) is 0.833. The van der Waals surface area contributed by atoms with E-state index in [2.05, 4.69) is 15.4 Å². The fraction of sp³-hybridized carbons (Fsp3) is 0.667. The third-order valence-electron chi connectivity index (χ3n) is 5.58. The Bertz CT molecular complexity index is 816. The first-order chi connectivity index (χ1) is 12.6. The van der Waals surface area contributed by atoms with Crippen LogP contribution in [0.5, 0.6) is 0 Å². The molecule has 0 atom stereocenters. The molecule has 8 heteroatoms. The second-order valence-corrected chi connectivity index (χ2v) is 8.39. The first kappa shape index (κ1) is 17.5. The molecule has 2 saturated carbocycles. The molecule has 140 valence electrons. The normalized spacial score (nSPS) is 19.7. The molecule has 2 aromatic heterocycles. The second kappa shape index (κ2) is 7.34. The lowest BCUT2D eigenvalue weighted by molar-refractivity contribution is -0.120. The summed E-state index contributed by atoms with van der Waals surface area (Å²) in [4.78, 5) is 28.6. The molecule has 0 saturated heterocycles. The van der Waals surface area contributed by atoms with Gasteiger partial charge >= 0.3 is 5.97 Å². The molecule has 1 amide bonds. The van der Waals surface area contributed by atoms with E-state index in [1.807, 2.05) is 0 Å².